The highest BCUT2D eigenvalue weighted by Gasteiger charge is 2.06. The number of rotatable bonds is 6. The molecule has 2 aromatic carbocycles. The van der Waals surface area contributed by atoms with E-state index >= 15 is 0 Å². The minimum Gasteiger partial charge on any atom is -0.489 e. The van der Waals surface area contributed by atoms with Gasteiger partial charge in [-0.2, -0.15) is 0 Å². The predicted molar refractivity (Wildman–Crippen MR) is 87.7 cm³/mol. The molecule has 0 fully saturated rings. The summed E-state index contributed by atoms with van der Waals surface area (Å²) in [4.78, 5) is 10.6. The van der Waals surface area contributed by atoms with E-state index in [9.17, 15) is 4.79 Å². The number of aliphatic carboxylic acids is 1. The van der Waals surface area contributed by atoms with Crippen LogP contribution in [0.2, 0.25) is 5.02 Å². The van der Waals surface area contributed by atoms with Gasteiger partial charge in [-0.15, -0.1) is 0 Å². The monoisotopic (exact) mass is 318 g/mol. The maximum atomic E-state index is 10.6. The van der Waals surface area contributed by atoms with Gasteiger partial charge in [-0.1, -0.05) is 49.7 Å². The number of hydrogen-bond donors (Lipinski definition) is 1. The number of benzene rings is 2. The lowest BCUT2D eigenvalue weighted by molar-refractivity contribution is -0.136. The van der Waals surface area contributed by atoms with Crippen molar-refractivity contribution in [3.8, 4) is 5.75 Å². The fourth-order valence-electron chi connectivity index (χ4n) is 2.17. The Morgan fingerprint density at radius 1 is 1.14 bits per heavy atom. The van der Waals surface area contributed by atoms with E-state index in [1.807, 2.05) is 18.2 Å². The summed E-state index contributed by atoms with van der Waals surface area (Å²) >= 11 is 6.26. The van der Waals surface area contributed by atoms with Crippen molar-refractivity contribution in [3.63, 3.8) is 0 Å². The van der Waals surface area contributed by atoms with Crippen LogP contribution in [0, 0.1) is 0 Å². The van der Waals surface area contributed by atoms with Crippen LogP contribution in [0.25, 0.3) is 0 Å². The van der Waals surface area contributed by atoms with Crippen molar-refractivity contribution in [2.45, 2.75) is 32.8 Å². The van der Waals surface area contributed by atoms with E-state index < -0.39 is 5.97 Å². The van der Waals surface area contributed by atoms with E-state index in [0.29, 0.717) is 18.3 Å². The predicted octanol–water partition coefficient (Wildman–Crippen LogP) is 4.67. The zero-order valence-electron chi connectivity index (χ0n) is 12.7. The number of carboxylic acid groups (broad SMARTS) is 1. The minimum atomic E-state index is -0.839. The second kappa shape index (κ2) is 7.32. The van der Waals surface area contributed by atoms with Gasteiger partial charge in [-0.3, -0.25) is 4.79 Å². The van der Waals surface area contributed by atoms with Crippen LogP contribution in [0.3, 0.4) is 0 Å². The Hall–Kier alpha value is -2.00. The van der Waals surface area contributed by atoms with Gasteiger partial charge in [0.1, 0.15) is 12.4 Å². The van der Waals surface area contributed by atoms with Crippen LogP contribution in [-0.2, 0) is 17.8 Å². The molecule has 0 heterocycles. The van der Waals surface area contributed by atoms with Crippen LogP contribution in [0.5, 0.6) is 5.75 Å². The Kier molecular flexibility index (Phi) is 5.45. The lowest BCUT2D eigenvalue weighted by Crippen LogP contribution is -2.00. The molecular weight excluding hydrogens is 300 g/mol. The van der Waals surface area contributed by atoms with Gasteiger partial charge < -0.3 is 9.84 Å². The lowest BCUT2D eigenvalue weighted by atomic mass is 10.0. The van der Waals surface area contributed by atoms with Gasteiger partial charge in [-0.05, 0) is 40.8 Å². The third-order valence-electron chi connectivity index (χ3n) is 3.37. The molecule has 0 aromatic heterocycles. The van der Waals surface area contributed by atoms with Gasteiger partial charge in [-0.25, -0.2) is 0 Å². The summed E-state index contributed by atoms with van der Waals surface area (Å²) < 4.78 is 5.70. The maximum Gasteiger partial charge on any atom is 0.307 e. The average Bonchev–Trinajstić information content (AvgIpc) is 2.45. The van der Waals surface area contributed by atoms with E-state index in [-0.39, 0.29) is 6.42 Å². The molecule has 116 valence electrons. The molecular formula is C18H19ClO3. The first-order chi connectivity index (χ1) is 10.5. The molecule has 0 spiro atoms. The highest BCUT2D eigenvalue weighted by molar-refractivity contribution is 6.31. The van der Waals surface area contributed by atoms with Crippen LogP contribution in [0.1, 0.15) is 36.5 Å². The molecule has 4 heteroatoms. The van der Waals surface area contributed by atoms with Crippen molar-refractivity contribution in [2.75, 3.05) is 0 Å². The van der Waals surface area contributed by atoms with Crippen molar-refractivity contribution >= 4 is 17.6 Å². The summed E-state index contributed by atoms with van der Waals surface area (Å²) in [6.07, 6.45) is 0.0204. The zero-order chi connectivity index (χ0) is 16.1. The third-order valence-corrected chi connectivity index (χ3v) is 3.70. The quantitative estimate of drug-likeness (QED) is 0.842. The normalized spacial score (nSPS) is 10.7. The first-order valence-electron chi connectivity index (χ1n) is 7.17. The minimum absolute atomic E-state index is 0.0204. The average molecular weight is 319 g/mol. The number of ether oxygens (including phenoxy) is 1. The van der Waals surface area contributed by atoms with Gasteiger partial charge in [0.2, 0.25) is 0 Å². The van der Waals surface area contributed by atoms with Crippen molar-refractivity contribution in [2.24, 2.45) is 0 Å². The fourth-order valence-corrected chi connectivity index (χ4v) is 2.59. The molecule has 1 N–H and O–H groups in total. The second-order valence-corrected chi connectivity index (χ2v) is 5.92. The molecule has 2 aromatic rings. The molecule has 0 aliphatic carbocycles. The molecule has 0 amide bonds. The van der Waals surface area contributed by atoms with Crippen molar-refractivity contribution < 1.29 is 14.6 Å². The number of halogens is 1. The maximum absolute atomic E-state index is 10.6. The second-order valence-electron chi connectivity index (χ2n) is 5.51. The topological polar surface area (TPSA) is 46.5 Å². The molecule has 0 saturated heterocycles. The SMILES string of the molecule is CC(C)c1ccc(COc2ccc(CC(=O)O)cc2)cc1Cl. The highest BCUT2D eigenvalue weighted by Crippen LogP contribution is 2.25. The Balaban J connectivity index is 1.98. The Labute approximate surface area is 135 Å². The largest absolute Gasteiger partial charge is 0.489 e. The van der Waals surface area contributed by atoms with Crippen molar-refractivity contribution in [3.05, 3.63) is 64.2 Å². The van der Waals surface area contributed by atoms with Crippen LogP contribution in [0.15, 0.2) is 42.5 Å². The molecule has 0 aliphatic rings. The van der Waals surface area contributed by atoms with E-state index in [0.717, 1.165) is 21.7 Å². The molecule has 3 nitrogen and oxygen atoms in total. The van der Waals surface area contributed by atoms with Crippen LogP contribution < -0.4 is 4.74 Å². The summed E-state index contributed by atoms with van der Waals surface area (Å²) in [5.74, 6) is 0.260. The summed E-state index contributed by atoms with van der Waals surface area (Å²) in [5.41, 5.74) is 2.89. The Bertz CT molecular complexity index is 648. The highest BCUT2D eigenvalue weighted by atomic mass is 35.5. The van der Waals surface area contributed by atoms with Gasteiger partial charge in [0.05, 0.1) is 6.42 Å². The summed E-state index contributed by atoms with van der Waals surface area (Å²) in [6, 6.07) is 13.1. The van der Waals surface area contributed by atoms with Gasteiger partial charge >= 0.3 is 5.97 Å². The van der Waals surface area contributed by atoms with E-state index in [4.69, 9.17) is 21.4 Å². The Morgan fingerprint density at radius 2 is 1.77 bits per heavy atom. The van der Waals surface area contributed by atoms with Gasteiger partial charge in [0.25, 0.3) is 0 Å². The van der Waals surface area contributed by atoms with E-state index in [1.54, 1.807) is 24.3 Å². The first-order valence-corrected chi connectivity index (χ1v) is 7.55. The Morgan fingerprint density at radius 3 is 2.32 bits per heavy atom. The van der Waals surface area contributed by atoms with Crippen LogP contribution >= 0.6 is 11.6 Å². The molecule has 2 rings (SSSR count). The molecule has 0 saturated carbocycles. The molecule has 0 bridgehead atoms. The lowest BCUT2D eigenvalue weighted by Gasteiger charge is -2.11. The zero-order valence-corrected chi connectivity index (χ0v) is 13.4. The smallest absolute Gasteiger partial charge is 0.307 e. The van der Waals surface area contributed by atoms with Crippen molar-refractivity contribution in [1.82, 2.24) is 0 Å². The van der Waals surface area contributed by atoms with Crippen molar-refractivity contribution in [1.29, 1.82) is 0 Å². The summed E-state index contributed by atoms with van der Waals surface area (Å²) in [7, 11) is 0. The van der Waals surface area contributed by atoms with E-state index in [1.165, 1.54) is 0 Å². The van der Waals surface area contributed by atoms with E-state index in [2.05, 4.69) is 13.8 Å². The number of hydrogen-bond acceptors (Lipinski definition) is 2. The molecule has 0 aliphatic heterocycles. The number of carbonyl (C=O) groups is 1. The van der Waals surface area contributed by atoms with Crippen LogP contribution in [0.4, 0.5) is 0 Å². The number of carboxylic acids is 1. The van der Waals surface area contributed by atoms with Crippen LogP contribution in [-0.4, -0.2) is 11.1 Å². The van der Waals surface area contributed by atoms with Gasteiger partial charge in [0, 0.05) is 5.02 Å². The standard InChI is InChI=1S/C18H19ClO3/c1-12(2)16-8-5-14(9-17(16)19)11-22-15-6-3-13(4-7-15)10-18(20)21/h3-9,12H,10-11H2,1-2H3,(H,20,21). The van der Waals surface area contributed by atoms with Gasteiger partial charge in [0.15, 0.2) is 0 Å². The first kappa shape index (κ1) is 16.4. The fraction of sp³-hybridized carbons (Fsp3) is 0.278. The third kappa shape index (κ3) is 4.50. The summed E-state index contributed by atoms with van der Waals surface area (Å²) in [6.45, 7) is 4.64. The molecule has 0 unspecified atom stereocenters. The molecule has 0 radical (unpaired) electrons. The summed E-state index contributed by atoms with van der Waals surface area (Å²) in [5, 5.41) is 9.49. The molecule has 0 atom stereocenters. The molecule has 22 heavy (non-hydrogen) atoms.